The summed E-state index contributed by atoms with van der Waals surface area (Å²) in [4.78, 5) is 39.3. The second-order valence-electron chi connectivity index (χ2n) is 7.23. The molecule has 0 unspecified atom stereocenters. The Morgan fingerprint density at radius 2 is 2.03 bits per heavy atom. The number of aromatic nitrogens is 1. The van der Waals surface area contributed by atoms with Crippen molar-refractivity contribution in [3.63, 3.8) is 0 Å². The van der Waals surface area contributed by atoms with Crippen LogP contribution in [-0.4, -0.2) is 36.2 Å². The molecule has 1 saturated heterocycles. The molecule has 2 amide bonds. The number of amides is 2. The third kappa shape index (κ3) is 4.65. The van der Waals surface area contributed by atoms with Crippen LogP contribution in [0.2, 0.25) is 0 Å². The van der Waals surface area contributed by atoms with Gasteiger partial charge in [0.2, 0.25) is 5.91 Å². The van der Waals surface area contributed by atoms with E-state index in [4.69, 9.17) is 4.74 Å². The maximum atomic E-state index is 14.9. The maximum Gasteiger partial charge on any atom is 0.414 e. The first-order valence-electron chi connectivity index (χ1n) is 9.81. The summed E-state index contributed by atoms with van der Waals surface area (Å²) >= 11 is 1.41. The van der Waals surface area contributed by atoms with Crippen LogP contribution in [0, 0.1) is 10.7 Å². The average molecular weight is 454 g/mol. The van der Waals surface area contributed by atoms with Crippen LogP contribution in [0.4, 0.5) is 14.9 Å². The lowest BCUT2D eigenvalue weighted by molar-refractivity contribution is -0.119. The summed E-state index contributed by atoms with van der Waals surface area (Å²) < 4.78 is 20.1. The van der Waals surface area contributed by atoms with Gasteiger partial charge in [-0.1, -0.05) is 29.4 Å². The van der Waals surface area contributed by atoms with Crippen LogP contribution in [0.15, 0.2) is 53.0 Å². The summed E-state index contributed by atoms with van der Waals surface area (Å²) in [5.74, 6) is -0.684. The van der Waals surface area contributed by atoms with Crippen molar-refractivity contribution < 1.29 is 18.7 Å². The lowest BCUT2D eigenvalue weighted by Gasteiger charge is -2.14. The molecule has 1 atom stereocenters. The minimum atomic E-state index is -0.579. The molecule has 1 aliphatic rings. The maximum absolute atomic E-state index is 14.9. The van der Waals surface area contributed by atoms with Gasteiger partial charge < -0.3 is 10.1 Å². The van der Waals surface area contributed by atoms with Crippen LogP contribution in [0.1, 0.15) is 12.6 Å². The minimum absolute atomic E-state index is 0.0324. The summed E-state index contributed by atoms with van der Waals surface area (Å²) in [6.45, 7) is 1.85. The smallest absolute Gasteiger partial charge is 0.414 e. The molecule has 0 aliphatic carbocycles. The number of hydrogen-bond acceptors (Lipinski definition) is 7. The van der Waals surface area contributed by atoms with Gasteiger partial charge in [0.15, 0.2) is 0 Å². The lowest BCUT2D eigenvalue weighted by Crippen LogP contribution is -2.33. The predicted octanol–water partition coefficient (Wildman–Crippen LogP) is 4.34. The molecular weight excluding hydrogens is 435 g/mol. The van der Waals surface area contributed by atoms with E-state index < -0.39 is 18.0 Å². The van der Waals surface area contributed by atoms with Crippen LogP contribution in [0.5, 0.6) is 0 Å². The molecule has 1 N–H and O–H groups in total. The second kappa shape index (κ2) is 9.23. The zero-order valence-corrected chi connectivity index (χ0v) is 17.9. The summed E-state index contributed by atoms with van der Waals surface area (Å²) in [6, 6.07) is 11.8. The zero-order chi connectivity index (χ0) is 22.7. The summed E-state index contributed by atoms with van der Waals surface area (Å²) in [7, 11) is 0. The number of carbonyl (C=O) groups excluding carboxylic acids is 2. The molecule has 8 nitrogen and oxygen atoms in total. The number of hydrogen-bond donors (Lipinski definition) is 1. The second-order valence-corrected chi connectivity index (χ2v) is 8.08. The fraction of sp³-hybridized carbons (Fsp3) is 0.227. The van der Waals surface area contributed by atoms with Crippen LogP contribution >= 0.6 is 11.3 Å². The highest BCUT2D eigenvalue weighted by Gasteiger charge is 2.32. The Kier molecular flexibility index (Phi) is 6.22. The van der Waals surface area contributed by atoms with Crippen molar-refractivity contribution in [2.45, 2.75) is 19.6 Å². The van der Waals surface area contributed by atoms with E-state index in [1.54, 1.807) is 29.6 Å². The molecule has 10 heteroatoms. The molecule has 2 heterocycles. The molecular formula is C22H19FN4O4S. The van der Waals surface area contributed by atoms with Gasteiger partial charge in [-0.3, -0.25) is 9.69 Å². The first-order chi connectivity index (χ1) is 15.4. The number of thiazole rings is 1. The van der Waals surface area contributed by atoms with Gasteiger partial charge in [-0.15, -0.1) is 11.3 Å². The van der Waals surface area contributed by atoms with E-state index in [-0.39, 0.29) is 25.5 Å². The van der Waals surface area contributed by atoms with Crippen LogP contribution < -0.4 is 10.2 Å². The number of benzene rings is 2. The van der Waals surface area contributed by atoms with Gasteiger partial charge in [0, 0.05) is 23.4 Å². The van der Waals surface area contributed by atoms with Crippen molar-refractivity contribution in [1.29, 1.82) is 0 Å². The normalized spacial score (nSPS) is 15.5. The molecule has 4 rings (SSSR count). The Morgan fingerprint density at radius 1 is 1.28 bits per heavy atom. The van der Waals surface area contributed by atoms with Gasteiger partial charge in [0.25, 0.3) is 0 Å². The highest BCUT2D eigenvalue weighted by Crippen LogP contribution is 2.31. The van der Waals surface area contributed by atoms with E-state index in [1.807, 2.05) is 12.1 Å². The number of carbonyl (C=O) groups is 2. The molecule has 0 spiro atoms. The number of nitrogens with zero attached hydrogens (tertiary/aromatic N) is 3. The summed E-state index contributed by atoms with van der Waals surface area (Å²) in [5, 5.41) is 7.99. The van der Waals surface area contributed by atoms with Crippen molar-refractivity contribution in [2.75, 3.05) is 18.0 Å². The Bertz CT molecular complexity index is 1160. The minimum Gasteiger partial charge on any atom is -0.442 e. The third-order valence-corrected chi connectivity index (χ3v) is 5.88. The summed E-state index contributed by atoms with van der Waals surface area (Å²) in [6.07, 6.45) is -1.07. The fourth-order valence-electron chi connectivity index (χ4n) is 3.37. The molecule has 32 heavy (non-hydrogen) atoms. The molecule has 1 aliphatic heterocycles. The van der Waals surface area contributed by atoms with Crippen LogP contribution in [-0.2, 0) is 16.1 Å². The Morgan fingerprint density at radius 3 is 2.72 bits per heavy atom. The van der Waals surface area contributed by atoms with E-state index in [9.17, 15) is 18.9 Å². The van der Waals surface area contributed by atoms with Gasteiger partial charge in [-0.05, 0) is 23.8 Å². The predicted molar refractivity (Wildman–Crippen MR) is 119 cm³/mol. The van der Waals surface area contributed by atoms with E-state index in [1.165, 1.54) is 29.2 Å². The van der Waals surface area contributed by atoms with Crippen molar-refractivity contribution >= 4 is 29.0 Å². The van der Waals surface area contributed by atoms with Gasteiger partial charge in [-0.25, -0.2) is 14.2 Å². The molecule has 3 aromatic rings. The molecule has 1 aromatic heterocycles. The van der Waals surface area contributed by atoms with Gasteiger partial charge >= 0.3 is 6.09 Å². The topological polar surface area (TPSA) is 101 Å². The number of rotatable bonds is 7. The van der Waals surface area contributed by atoms with Gasteiger partial charge in [0.05, 0.1) is 24.5 Å². The number of nitrogens with one attached hydrogen (secondary N) is 1. The number of cyclic esters (lactones) is 1. The van der Waals surface area contributed by atoms with Crippen LogP contribution in [0.3, 0.4) is 0 Å². The molecule has 164 valence electrons. The fourth-order valence-corrected chi connectivity index (χ4v) is 4.19. The number of halogens is 1. The quantitative estimate of drug-likeness (QED) is 0.535. The molecule has 0 bridgehead atoms. The van der Waals surface area contributed by atoms with E-state index in [0.717, 1.165) is 10.6 Å². The molecule has 0 saturated carbocycles. The first-order valence-corrected chi connectivity index (χ1v) is 10.7. The van der Waals surface area contributed by atoms with Gasteiger partial charge in [-0.2, -0.15) is 4.91 Å². The summed E-state index contributed by atoms with van der Waals surface area (Å²) in [5.41, 5.74) is 2.94. The number of nitroso groups, excluding NO2 is 1. The Labute approximate surface area is 187 Å². The monoisotopic (exact) mass is 454 g/mol. The molecule has 0 radical (unpaired) electrons. The van der Waals surface area contributed by atoms with E-state index in [0.29, 0.717) is 22.5 Å². The highest BCUT2D eigenvalue weighted by molar-refractivity contribution is 7.13. The van der Waals surface area contributed by atoms with Crippen molar-refractivity contribution in [3.8, 4) is 21.7 Å². The highest BCUT2D eigenvalue weighted by atomic mass is 32.1. The number of ether oxygens (including phenoxy) is 1. The zero-order valence-electron chi connectivity index (χ0n) is 17.1. The van der Waals surface area contributed by atoms with Crippen molar-refractivity contribution in [2.24, 2.45) is 5.18 Å². The first kappa shape index (κ1) is 21.6. The van der Waals surface area contributed by atoms with Crippen molar-refractivity contribution in [1.82, 2.24) is 10.3 Å². The lowest BCUT2D eigenvalue weighted by atomic mass is 10.0. The van der Waals surface area contributed by atoms with Crippen LogP contribution in [0.25, 0.3) is 21.7 Å². The number of anilines is 1. The molecule has 1 fully saturated rings. The van der Waals surface area contributed by atoms with Gasteiger partial charge in [0.1, 0.15) is 23.5 Å². The van der Waals surface area contributed by atoms with E-state index >= 15 is 0 Å². The van der Waals surface area contributed by atoms with Crippen molar-refractivity contribution in [3.05, 3.63) is 64.3 Å². The van der Waals surface area contributed by atoms with E-state index in [2.05, 4.69) is 15.5 Å². The molecule has 2 aromatic carbocycles. The third-order valence-electron chi connectivity index (χ3n) is 4.94. The Hall–Kier alpha value is -3.66. The standard InChI is InChI=1S/C22H19FN4O4S/c1-13(28)24-10-18-11-27(22(29)31-18)17-6-7-19(20(23)8-17)14-2-4-15(5-3-14)21-26-16(9-25-30)12-32-21/h2-8,12,18H,9-11H2,1H3,(H,24,28)/t18-/m0/s1. The average Bonchev–Trinajstić information content (AvgIpc) is 3.39. The SMILES string of the molecule is CC(=O)NC[C@H]1CN(c2ccc(-c3ccc(-c4nc(CN=O)cs4)cc3)c(F)c2)C(=O)O1. The Balaban J connectivity index is 1.49. The largest absolute Gasteiger partial charge is 0.442 e.